The van der Waals surface area contributed by atoms with Gasteiger partial charge < -0.3 is 10.5 Å². The Morgan fingerprint density at radius 3 is 2.42 bits per heavy atom. The maximum atomic E-state index is 11.8. The second-order valence-electron chi connectivity index (χ2n) is 4.22. The summed E-state index contributed by atoms with van der Waals surface area (Å²) < 4.78 is 31.3. The summed E-state index contributed by atoms with van der Waals surface area (Å²) in [4.78, 5) is 0. The summed E-state index contributed by atoms with van der Waals surface area (Å²) in [7, 11) is -3.28. The lowest BCUT2D eigenvalue weighted by Crippen LogP contribution is -2.26. The van der Waals surface area contributed by atoms with E-state index in [1.165, 1.54) is 0 Å². The lowest BCUT2D eigenvalue weighted by molar-refractivity contribution is 0.146. The van der Waals surface area contributed by atoms with Gasteiger partial charge in [-0.2, -0.15) is 0 Å². The van der Waals surface area contributed by atoms with Gasteiger partial charge in [0.05, 0.1) is 5.75 Å². The van der Waals surface area contributed by atoms with E-state index in [1.807, 2.05) is 19.1 Å². The van der Waals surface area contributed by atoms with Crippen LogP contribution in [0.3, 0.4) is 0 Å². The van der Waals surface area contributed by atoms with Gasteiger partial charge in [-0.05, 0) is 24.5 Å². The Balaban J connectivity index is 2.40. The van der Waals surface area contributed by atoms with Crippen LogP contribution in [-0.4, -0.2) is 28.2 Å². The van der Waals surface area contributed by atoms with E-state index < -0.39 is 10.0 Å². The van der Waals surface area contributed by atoms with Crippen molar-refractivity contribution >= 4 is 10.0 Å². The number of nitrogens with two attached hydrogens (primary N) is 1. The lowest BCUT2D eigenvalue weighted by atomic mass is 10.1. The van der Waals surface area contributed by atoms with Crippen LogP contribution in [-0.2, 0) is 27.1 Å². The van der Waals surface area contributed by atoms with Crippen molar-refractivity contribution in [3.8, 4) is 0 Å². The quantitative estimate of drug-likeness (QED) is 0.663. The highest BCUT2D eigenvalue weighted by atomic mass is 32.2. The smallest absolute Gasteiger partial charge is 0.215 e. The number of rotatable bonds is 9. The standard InChI is InChI=1S/C13H22N2O3S/c1-2-18-9-3-8-15-19(16,17)11-13-6-4-12(10-14)5-7-13/h4-7,15H,2-3,8-11,14H2,1H3. The second kappa shape index (κ2) is 8.27. The molecule has 5 nitrogen and oxygen atoms in total. The van der Waals surface area contributed by atoms with E-state index in [4.69, 9.17) is 10.5 Å². The molecule has 0 radical (unpaired) electrons. The van der Waals surface area contributed by atoms with E-state index >= 15 is 0 Å². The number of benzene rings is 1. The first kappa shape index (κ1) is 16.1. The van der Waals surface area contributed by atoms with E-state index in [0.29, 0.717) is 32.7 Å². The molecule has 0 amide bonds. The molecule has 108 valence electrons. The van der Waals surface area contributed by atoms with Crippen LogP contribution in [0, 0.1) is 0 Å². The number of hydrogen-bond donors (Lipinski definition) is 2. The fourth-order valence-corrected chi connectivity index (χ4v) is 2.78. The molecule has 6 heteroatoms. The summed E-state index contributed by atoms with van der Waals surface area (Å²) in [5.41, 5.74) is 7.24. The summed E-state index contributed by atoms with van der Waals surface area (Å²) in [6.07, 6.45) is 0.680. The van der Waals surface area contributed by atoms with Crippen LogP contribution in [0.4, 0.5) is 0 Å². The van der Waals surface area contributed by atoms with Crippen molar-refractivity contribution in [2.75, 3.05) is 19.8 Å². The molecule has 0 spiro atoms. The van der Waals surface area contributed by atoms with Gasteiger partial charge in [-0.15, -0.1) is 0 Å². The SMILES string of the molecule is CCOCCCNS(=O)(=O)Cc1ccc(CN)cc1. The fourth-order valence-electron chi connectivity index (χ4n) is 1.59. The highest BCUT2D eigenvalue weighted by molar-refractivity contribution is 7.88. The van der Waals surface area contributed by atoms with Crippen molar-refractivity contribution in [3.05, 3.63) is 35.4 Å². The zero-order valence-electron chi connectivity index (χ0n) is 11.3. The molecule has 0 aliphatic heterocycles. The van der Waals surface area contributed by atoms with E-state index in [0.717, 1.165) is 11.1 Å². The van der Waals surface area contributed by atoms with Crippen LogP contribution in [0.5, 0.6) is 0 Å². The van der Waals surface area contributed by atoms with Crippen molar-refractivity contribution in [1.82, 2.24) is 4.72 Å². The highest BCUT2D eigenvalue weighted by Crippen LogP contribution is 2.07. The molecule has 1 aromatic carbocycles. The first-order valence-corrected chi connectivity index (χ1v) is 8.05. The van der Waals surface area contributed by atoms with Gasteiger partial charge in [-0.25, -0.2) is 13.1 Å². The fraction of sp³-hybridized carbons (Fsp3) is 0.538. The molecular formula is C13H22N2O3S. The molecule has 19 heavy (non-hydrogen) atoms. The third kappa shape index (κ3) is 6.68. The monoisotopic (exact) mass is 286 g/mol. The van der Waals surface area contributed by atoms with Crippen LogP contribution in [0.2, 0.25) is 0 Å². The Labute approximate surface area is 115 Å². The Morgan fingerprint density at radius 2 is 1.84 bits per heavy atom. The first-order chi connectivity index (χ1) is 9.07. The number of ether oxygens (including phenoxy) is 1. The molecule has 1 rings (SSSR count). The molecule has 0 fully saturated rings. The zero-order valence-corrected chi connectivity index (χ0v) is 12.1. The van der Waals surface area contributed by atoms with Gasteiger partial charge in [-0.3, -0.25) is 0 Å². The summed E-state index contributed by atoms with van der Waals surface area (Å²) in [6, 6.07) is 7.28. The topological polar surface area (TPSA) is 81.4 Å². The summed E-state index contributed by atoms with van der Waals surface area (Å²) in [5, 5.41) is 0. The Bertz CT molecular complexity index is 457. The summed E-state index contributed by atoms with van der Waals surface area (Å²) in [6.45, 7) is 4.01. The minimum Gasteiger partial charge on any atom is -0.382 e. The molecule has 0 aliphatic rings. The minimum atomic E-state index is -3.28. The predicted molar refractivity (Wildman–Crippen MR) is 76.1 cm³/mol. The summed E-state index contributed by atoms with van der Waals surface area (Å²) >= 11 is 0. The van der Waals surface area contributed by atoms with Crippen molar-refractivity contribution < 1.29 is 13.2 Å². The number of hydrogen-bond acceptors (Lipinski definition) is 4. The van der Waals surface area contributed by atoms with Crippen molar-refractivity contribution in [3.63, 3.8) is 0 Å². The second-order valence-corrected chi connectivity index (χ2v) is 6.03. The van der Waals surface area contributed by atoms with E-state index in [2.05, 4.69) is 4.72 Å². The maximum Gasteiger partial charge on any atom is 0.215 e. The first-order valence-electron chi connectivity index (χ1n) is 6.40. The van der Waals surface area contributed by atoms with Crippen LogP contribution in [0.15, 0.2) is 24.3 Å². The molecule has 0 unspecified atom stereocenters. The minimum absolute atomic E-state index is 0.00745. The average molecular weight is 286 g/mol. The van der Waals surface area contributed by atoms with E-state index in [1.54, 1.807) is 12.1 Å². The Hall–Kier alpha value is -0.950. The molecule has 3 N–H and O–H groups in total. The largest absolute Gasteiger partial charge is 0.382 e. The molecule has 0 heterocycles. The normalized spacial score (nSPS) is 11.7. The van der Waals surface area contributed by atoms with Crippen LogP contribution >= 0.6 is 0 Å². The van der Waals surface area contributed by atoms with Gasteiger partial charge in [0, 0.05) is 26.3 Å². The van der Waals surface area contributed by atoms with Gasteiger partial charge in [-0.1, -0.05) is 24.3 Å². The van der Waals surface area contributed by atoms with E-state index in [9.17, 15) is 8.42 Å². The van der Waals surface area contributed by atoms with E-state index in [-0.39, 0.29) is 5.75 Å². The molecule has 0 aliphatic carbocycles. The van der Waals surface area contributed by atoms with Gasteiger partial charge in [0.2, 0.25) is 10.0 Å². The third-order valence-corrected chi connectivity index (χ3v) is 3.96. The van der Waals surface area contributed by atoms with Gasteiger partial charge in [0.25, 0.3) is 0 Å². The molecule has 0 saturated heterocycles. The van der Waals surface area contributed by atoms with Gasteiger partial charge >= 0.3 is 0 Å². The molecule has 0 atom stereocenters. The van der Waals surface area contributed by atoms with Gasteiger partial charge in [0.1, 0.15) is 0 Å². The molecule has 0 saturated carbocycles. The molecule has 0 aromatic heterocycles. The van der Waals surface area contributed by atoms with Crippen LogP contribution in [0.1, 0.15) is 24.5 Å². The Kier molecular flexibility index (Phi) is 7.01. The molecule has 0 bridgehead atoms. The van der Waals surface area contributed by atoms with Crippen molar-refractivity contribution in [2.45, 2.75) is 25.6 Å². The maximum absolute atomic E-state index is 11.8. The highest BCUT2D eigenvalue weighted by Gasteiger charge is 2.10. The average Bonchev–Trinajstić information content (AvgIpc) is 2.39. The summed E-state index contributed by atoms with van der Waals surface area (Å²) in [5.74, 6) is -0.00745. The van der Waals surface area contributed by atoms with Crippen LogP contribution in [0.25, 0.3) is 0 Å². The zero-order chi connectivity index (χ0) is 14.1. The third-order valence-electron chi connectivity index (χ3n) is 2.61. The Morgan fingerprint density at radius 1 is 1.21 bits per heavy atom. The molecular weight excluding hydrogens is 264 g/mol. The van der Waals surface area contributed by atoms with Crippen LogP contribution < -0.4 is 10.5 Å². The lowest BCUT2D eigenvalue weighted by Gasteiger charge is -2.07. The van der Waals surface area contributed by atoms with Crippen molar-refractivity contribution in [1.29, 1.82) is 0 Å². The number of nitrogens with one attached hydrogen (secondary N) is 1. The predicted octanol–water partition coefficient (Wildman–Crippen LogP) is 0.991. The van der Waals surface area contributed by atoms with Crippen molar-refractivity contribution in [2.24, 2.45) is 5.73 Å². The molecule has 1 aromatic rings. The van der Waals surface area contributed by atoms with Gasteiger partial charge in [0.15, 0.2) is 0 Å². The number of sulfonamides is 1.